The molecule has 2 heterocycles. The Labute approximate surface area is 183 Å². The Bertz CT molecular complexity index is 1250. The van der Waals surface area contributed by atoms with Crippen molar-refractivity contribution in [1.82, 2.24) is 14.7 Å². The van der Waals surface area contributed by atoms with E-state index in [1.54, 1.807) is 6.07 Å². The summed E-state index contributed by atoms with van der Waals surface area (Å²) < 4.78 is 67.1. The number of nitrogens with zero attached hydrogens (tertiary/aromatic N) is 3. The number of amides is 3. The van der Waals surface area contributed by atoms with E-state index in [4.69, 9.17) is 5.73 Å². The first-order valence-corrected chi connectivity index (χ1v) is 9.62. The number of hydrogen-bond acceptors (Lipinski definition) is 3. The molecule has 3 aromatic rings. The summed E-state index contributed by atoms with van der Waals surface area (Å²) in [6.07, 6.45) is -4.86. The van der Waals surface area contributed by atoms with E-state index in [2.05, 4.69) is 10.4 Å². The molecule has 0 saturated heterocycles. The number of carbonyl (C=O) groups excluding carboxylic acids is 2. The number of alkyl halides is 3. The maximum atomic E-state index is 13.8. The Hall–Kier alpha value is -3.96. The fraction of sp³-hybridized carbons (Fsp3) is 0.190. The molecule has 0 spiro atoms. The zero-order valence-corrected chi connectivity index (χ0v) is 16.8. The molecule has 4 rings (SSSR count). The average molecular weight is 465 g/mol. The monoisotopic (exact) mass is 465 g/mol. The van der Waals surface area contributed by atoms with Gasteiger partial charge in [0.25, 0.3) is 5.91 Å². The first-order valence-electron chi connectivity index (χ1n) is 9.62. The Balaban J connectivity index is 1.58. The molecule has 0 saturated carbocycles. The van der Waals surface area contributed by atoms with E-state index in [1.807, 2.05) is 0 Å². The van der Waals surface area contributed by atoms with Crippen molar-refractivity contribution in [2.75, 3.05) is 11.9 Å². The summed E-state index contributed by atoms with van der Waals surface area (Å²) in [6, 6.07) is 6.78. The molecule has 0 atom stereocenters. The summed E-state index contributed by atoms with van der Waals surface area (Å²) in [5, 5.41) is 6.68. The predicted octanol–water partition coefficient (Wildman–Crippen LogP) is 3.99. The van der Waals surface area contributed by atoms with E-state index in [9.17, 15) is 31.5 Å². The van der Waals surface area contributed by atoms with Crippen molar-refractivity contribution >= 4 is 17.6 Å². The number of anilines is 1. The minimum absolute atomic E-state index is 0.0266. The molecule has 3 amide bonds. The summed E-state index contributed by atoms with van der Waals surface area (Å²) in [4.78, 5) is 26.1. The van der Waals surface area contributed by atoms with Gasteiger partial charge < -0.3 is 16.0 Å². The number of halogens is 5. The van der Waals surface area contributed by atoms with Crippen LogP contribution in [0.3, 0.4) is 0 Å². The molecule has 1 aliphatic rings. The summed E-state index contributed by atoms with van der Waals surface area (Å²) in [6.45, 7) is 0.222. The number of rotatable bonds is 3. The molecule has 2 aromatic carbocycles. The van der Waals surface area contributed by atoms with Crippen LogP contribution in [0.1, 0.15) is 21.6 Å². The highest BCUT2D eigenvalue weighted by atomic mass is 19.4. The van der Waals surface area contributed by atoms with Gasteiger partial charge >= 0.3 is 12.2 Å². The van der Waals surface area contributed by atoms with Gasteiger partial charge in [-0.15, -0.1) is 0 Å². The largest absolute Gasteiger partial charge is 0.419 e. The summed E-state index contributed by atoms with van der Waals surface area (Å²) in [5.41, 5.74) is 4.77. The number of carbonyl (C=O) groups is 2. The second kappa shape index (κ2) is 8.19. The van der Waals surface area contributed by atoms with Gasteiger partial charge in [0.05, 0.1) is 29.9 Å². The molecule has 0 aliphatic carbocycles. The quantitative estimate of drug-likeness (QED) is 0.573. The van der Waals surface area contributed by atoms with Crippen molar-refractivity contribution in [3.8, 4) is 11.3 Å². The molecule has 0 radical (unpaired) electrons. The number of benzene rings is 2. The zero-order chi connectivity index (χ0) is 23.9. The Kier molecular flexibility index (Phi) is 5.52. The van der Waals surface area contributed by atoms with Crippen LogP contribution in [-0.2, 0) is 19.3 Å². The maximum Gasteiger partial charge on any atom is 0.419 e. The fourth-order valence-electron chi connectivity index (χ4n) is 3.61. The van der Waals surface area contributed by atoms with Crippen LogP contribution in [0.25, 0.3) is 11.3 Å². The summed E-state index contributed by atoms with van der Waals surface area (Å²) in [7, 11) is 0. The van der Waals surface area contributed by atoms with Crippen LogP contribution in [-0.4, -0.2) is 33.2 Å². The van der Waals surface area contributed by atoms with Gasteiger partial charge in [0.2, 0.25) is 0 Å². The van der Waals surface area contributed by atoms with Crippen LogP contribution in [0.2, 0.25) is 0 Å². The van der Waals surface area contributed by atoms with Crippen LogP contribution >= 0.6 is 0 Å². The summed E-state index contributed by atoms with van der Waals surface area (Å²) >= 11 is 0. The lowest BCUT2D eigenvalue weighted by Crippen LogP contribution is -2.41. The minimum Gasteiger partial charge on any atom is -0.365 e. The fourth-order valence-corrected chi connectivity index (χ4v) is 3.61. The molecule has 7 nitrogen and oxygen atoms in total. The Morgan fingerprint density at radius 1 is 1.06 bits per heavy atom. The standard InChI is InChI=1S/C21H16F5N5O2/c22-12-3-1-2-11(8-12)18-17(19(27)32)16-10-30(6-7-31(16)29-18)20(33)28-13-4-5-14(15(23)9-13)21(24,25)26/h1-5,8-9H,6-7,10H2,(H2,27,32)(H,28,33). The van der Waals surface area contributed by atoms with Gasteiger partial charge in [-0.1, -0.05) is 12.1 Å². The lowest BCUT2D eigenvalue weighted by molar-refractivity contribution is -0.139. The van der Waals surface area contributed by atoms with Crippen LogP contribution in [0.5, 0.6) is 0 Å². The van der Waals surface area contributed by atoms with Crippen LogP contribution in [0, 0.1) is 11.6 Å². The highest BCUT2D eigenvalue weighted by Crippen LogP contribution is 2.33. The number of fused-ring (bicyclic) bond motifs is 1. The van der Waals surface area contributed by atoms with Crippen molar-refractivity contribution < 1.29 is 31.5 Å². The van der Waals surface area contributed by atoms with E-state index in [0.29, 0.717) is 23.4 Å². The smallest absolute Gasteiger partial charge is 0.365 e. The van der Waals surface area contributed by atoms with Gasteiger partial charge in [-0.25, -0.2) is 13.6 Å². The number of urea groups is 1. The molecule has 3 N–H and O–H groups in total. The SMILES string of the molecule is NC(=O)c1c(-c2cccc(F)c2)nn2c1CN(C(=O)Nc1ccc(C(F)(F)F)c(F)c1)CC2. The number of hydrogen-bond donors (Lipinski definition) is 2. The van der Waals surface area contributed by atoms with Crippen molar-refractivity contribution in [2.45, 2.75) is 19.3 Å². The molecule has 33 heavy (non-hydrogen) atoms. The van der Waals surface area contributed by atoms with Gasteiger partial charge in [-0.2, -0.15) is 18.3 Å². The second-order valence-electron chi connectivity index (χ2n) is 7.31. The maximum absolute atomic E-state index is 13.8. The van der Waals surface area contributed by atoms with Crippen molar-refractivity contribution in [3.63, 3.8) is 0 Å². The number of aromatic nitrogens is 2. The Morgan fingerprint density at radius 2 is 1.82 bits per heavy atom. The average Bonchev–Trinajstić information content (AvgIpc) is 3.12. The third kappa shape index (κ3) is 4.36. The third-order valence-corrected chi connectivity index (χ3v) is 5.14. The highest BCUT2D eigenvalue weighted by molar-refractivity contribution is 6.00. The van der Waals surface area contributed by atoms with Crippen molar-refractivity contribution in [1.29, 1.82) is 0 Å². The van der Waals surface area contributed by atoms with Crippen LogP contribution in [0.15, 0.2) is 42.5 Å². The molecular formula is C21H16F5N5O2. The van der Waals surface area contributed by atoms with Gasteiger partial charge in [0, 0.05) is 17.8 Å². The lowest BCUT2D eigenvalue weighted by Gasteiger charge is -2.28. The van der Waals surface area contributed by atoms with Crippen molar-refractivity contribution in [2.24, 2.45) is 5.73 Å². The van der Waals surface area contributed by atoms with Crippen LogP contribution < -0.4 is 11.1 Å². The topological polar surface area (TPSA) is 93.2 Å². The molecule has 0 fully saturated rings. The second-order valence-corrected chi connectivity index (χ2v) is 7.31. The normalized spacial score (nSPS) is 13.5. The molecule has 1 aliphatic heterocycles. The molecule has 172 valence electrons. The Morgan fingerprint density at radius 3 is 2.45 bits per heavy atom. The molecular weight excluding hydrogens is 449 g/mol. The van der Waals surface area contributed by atoms with E-state index in [0.717, 1.165) is 6.07 Å². The number of primary amides is 1. The van der Waals surface area contributed by atoms with E-state index < -0.39 is 35.3 Å². The minimum atomic E-state index is -4.86. The molecule has 12 heteroatoms. The van der Waals surface area contributed by atoms with E-state index >= 15 is 0 Å². The van der Waals surface area contributed by atoms with E-state index in [-0.39, 0.29) is 36.6 Å². The predicted molar refractivity (Wildman–Crippen MR) is 107 cm³/mol. The van der Waals surface area contributed by atoms with Gasteiger partial charge in [-0.05, 0) is 30.3 Å². The first kappa shape index (κ1) is 22.2. The molecule has 0 bridgehead atoms. The highest BCUT2D eigenvalue weighted by Gasteiger charge is 2.34. The first-order chi connectivity index (χ1) is 15.5. The van der Waals surface area contributed by atoms with Crippen molar-refractivity contribution in [3.05, 3.63) is 70.9 Å². The zero-order valence-electron chi connectivity index (χ0n) is 16.8. The summed E-state index contributed by atoms with van der Waals surface area (Å²) in [5.74, 6) is -2.87. The third-order valence-electron chi connectivity index (χ3n) is 5.14. The molecule has 0 unspecified atom stereocenters. The number of nitrogens with one attached hydrogen (secondary N) is 1. The molecule has 1 aromatic heterocycles. The lowest BCUT2D eigenvalue weighted by atomic mass is 10.0. The van der Waals surface area contributed by atoms with E-state index in [1.165, 1.54) is 27.8 Å². The van der Waals surface area contributed by atoms with Gasteiger partial charge in [0.1, 0.15) is 17.3 Å². The van der Waals surface area contributed by atoms with Crippen LogP contribution in [0.4, 0.5) is 32.4 Å². The van der Waals surface area contributed by atoms with Gasteiger partial charge in [-0.3, -0.25) is 9.48 Å². The van der Waals surface area contributed by atoms with Gasteiger partial charge in [0.15, 0.2) is 0 Å². The number of nitrogens with two attached hydrogens (primary N) is 1.